The van der Waals surface area contributed by atoms with Gasteiger partial charge in [-0.05, 0) is 91.8 Å². The molecule has 0 fully saturated rings. The Morgan fingerprint density at radius 3 is 2.43 bits per heavy atom. The lowest BCUT2D eigenvalue weighted by Gasteiger charge is -2.14. The quantitative estimate of drug-likeness (QED) is 0.178. The van der Waals surface area contributed by atoms with E-state index in [1.165, 1.54) is 16.7 Å². The van der Waals surface area contributed by atoms with E-state index in [-0.39, 0.29) is 0 Å². The summed E-state index contributed by atoms with van der Waals surface area (Å²) in [4.78, 5) is 4.42. The summed E-state index contributed by atoms with van der Waals surface area (Å²) in [6, 6.07) is 22.5. The number of aryl methyl sites for hydroxylation is 2. The van der Waals surface area contributed by atoms with Gasteiger partial charge in [-0.25, -0.2) is 4.98 Å². The molecule has 4 aromatic rings. The fourth-order valence-electron chi connectivity index (χ4n) is 4.04. The maximum atomic E-state index is 6.17. The van der Waals surface area contributed by atoms with Gasteiger partial charge in [-0.2, -0.15) is 0 Å². The van der Waals surface area contributed by atoms with Crippen LogP contribution in [0.5, 0.6) is 23.0 Å². The Kier molecular flexibility index (Phi) is 9.18. The first-order chi connectivity index (χ1) is 17.2. The summed E-state index contributed by atoms with van der Waals surface area (Å²) in [6.45, 7) is 2.92. The molecule has 0 bridgehead atoms. The standard InChI is InChI=1S/C30H33NO3S/c1-3-8-25-20-28(34-27-14-12-26(32-2)13-15-27)16-17-30(25)33-18-6-4-5-9-23-10-7-11-24(19-23)29-21-35-22-31-29/h7,10-17,19-22H,3-6,8-9,18H2,1-2H3. The van der Waals surface area contributed by atoms with Gasteiger partial charge in [0.25, 0.3) is 0 Å². The molecule has 0 radical (unpaired) electrons. The zero-order valence-electron chi connectivity index (χ0n) is 20.5. The van der Waals surface area contributed by atoms with Crippen LogP contribution in [0.1, 0.15) is 43.7 Å². The van der Waals surface area contributed by atoms with E-state index in [1.54, 1.807) is 18.4 Å². The van der Waals surface area contributed by atoms with Crippen molar-refractivity contribution in [2.75, 3.05) is 13.7 Å². The Balaban J connectivity index is 1.24. The molecule has 3 aromatic carbocycles. The third-order valence-corrected chi connectivity index (χ3v) is 6.46. The van der Waals surface area contributed by atoms with E-state index in [4.69, 9.17) is 14.2 Å². The highest BCUT2D eigenvalue weighted by atomic mass is 32.1. The van der Waals surface area contributed by atoms with E-state index < -0.39 is 0 Å². The molecule has 0 amide bonds. The predicted octanol–water partition coefficient (Wildman–Crippen LogP) is 8.36. The molecule has 0 spiro atoms. The normalized spacial score (nSPS) is 10.8. The maximum absolute atomic E-state index is 6.17. The Bertz CT molecular complexity index is 1170. The highest BCUT2D eigenvalue weighted by Gasteiger charge is 2.07. The molecule has 0 unspecified atom stereocenters. The lowest BCUT2D eigenvalue weighted by atomic mass is 10.0. The number of methoxy groups -OCH3 is 1. The van der Waals surface area contributed by atoms with Gasteiger partial charge in [-0.15, -0.1) is 11.3 Å². The van der Waals surface area contributed by atoms with Gasteiger partial charge in [-0.1, -0.05) is 31.5 Å². The molecule has 0 atom stereocenters. The van der Waals surface area contributed by atoms with Gasteiger partial charge < -0.3 is 14.2 Å². The van der Waals surface area contributed by atoms with Crippen molar-refractivity contribution in [2.24, 2.45) is 0 Å². The number of benzene rings is 3. The topological polar surface area (TPSA) is 40.6 Å². The smallest absolute Gasteiger partial charge is 0.127 e. The molecule has 0 aliphatic rings. The van der Waals surface area contributed by atoms with Crippen molar-refractivity contribution in [1.29, 1.82) is 0 Å². The molecule has 1 aromatic heterocycles. The first-order valence-electron chi connectivity index (χ1n) is 12.3. The van der Waals surface area contributed by atoms with E-state index in [0.29, 0.717) is 0 Å². The highest BCUT2D eigenvalue weighted by molar-refractivity contribution is 7.07. The van der Waals surface area contributed by atoms with Crippen molar-refractivity contribution in [3.8, 4) is 34.3 Å². The van der Waals surface area contributed by atoms with Gasteiger partial charge in [0.05, 0.1) is 24.9 Å². The number of nitrogens with zero attached hydrogens (tertiary/aromatic N) is 1. The lowest BCUT2D eigenvalue weighted by Crippen LogP contribution is -2.01. The second-order valence-electron chi connectivity index (χ2n) is 8.53. The van der Waals surface area contributed by atoms with Gasteiger partial charge >= 0.3 is 0 Å². The zero-order chi connectivity index (χ0) is 24.3. The van der Waals surface area contributed by atoms with Gasteiger partial charge in [0, 0.05) is 10.9 Å². The molecule has 35 heavy (non-hydrogen) atoms. The van der Waals surface area contributed by atoms with Crippen LogP contribution in [-0.4, -0.2) is 18.7 Å². The van der Waals surface area contributed by atoms with Crippen molar-refractivity contribution in [1.82, 2.24) is 4.98 Å². The van der Waals surface area contributed by atoms with E-state index in [0.717, 1.165) is 73.8 Å². The van der Waals surface area contributed by atoms with Crippen LogP contribution in [0.15, 0.2) is 77.6 Å². The summed E-state index contributed by atoms with van der Waals surface area (Å²) in [6.07, 6.45) is 6.44. The maximum Gasteiger partial charge on any atom is 0.127 e. The molecular weight excluding hydrogens is 454 g/mol. The Labute approximate surface area is 212 Å². The van der Waals surface area contributed by atoms with Crippen LogP contribution in [0.3, 0.4) is 0 Å². The minimum Gasteiger partial charge on any atom is -0.497 e. The van der Waals surface area contributed by atoms with Crippen molar-refractivity contribution >= 4 is 11.3 Å². The Morgan fingerprint density at radius 1 is 0.829 bits per heavy atom. The van der Waals surface area contributed by atoms with E-state index in [2.05, 4.69) is 47.6 Å². The molecule has 0 aliphatic carbocycles. The molecule has 4 nitrogen and oxygen atoms in total. The number of rotatable bonds is 13. The fraction of sp³-hybridized carbons (Fsp3) is 0.300. The number of hydrogen-bond donors (Lipinski definition) is 0. The average Bonchev–Trinajstić information content (AvgIpc) is 3.43. The minimum atomic E-state index is 0.730. The molecule has 0 saturated heterocycles. The summed E-state index contributed by atoms with van der Waals surface area (Å²) in [5.74, 6) is 3.40. The number of hydrogen-bond acceptors (Lipinski definition) is 5. The van der Waals surface area contributed by atoms with Crippen LogP contribution in [-0.2, 0) is 12.8 Å². The molecular formula is C30H33NO3S. The highest BCUT2D eigenvalue weighted by Crippen LogP contribution is 2.30. The number of ether oxygens (including phenoxy) is 3. The molecule has 0 aliphatic heterocycles. The first-order valence-corrected chi connectivity index (χ1v) is 13.2. The Morgan fingerprint density at radius 2 is 1.66 bits per heavy atom. The second kappa shape index (κ2) is 13.0. The fourth-order valence-corrected chi connectivity index (χ4v) is 4.60. The Hall–Kier alpha value is -3.31. The van der Waals surface area contributed by atoms with Crippen LogP contribution in [0.25, 0.3) is 11.3 Å². The van der Waals surface area contributed by atoms with E-state index >= 15 is 0 Å². The van der Waals surface area contributed by atoms with Gasteiger partial charge in [0.2, 0.25) is 0 Å². The number of unbranched alkanes of at least 4 members (excludes halogenated alkanes) is 2. The van der Waals surface area contributed by atoms with Crippen molar-refractivity contribution in [2.45, 2.75) is 45.4 Å². The zero-order valence-corrected chi connectivity index (χ0v) is 21.4. The van der Waals surface area contributed by atoms with Crippen LogP contribution in [0.2, 0.25) is 0 Å². The third kappa shape index (κ3) is 7.33. The molecule has 182 valence electrons. The molecule has 1 heterocycles. The van der Waals surface area contributed by atoms with Crippen molar-refractivity contribution < 1.29 is 14.2 Å². The third-order valence-electron chi connectivity index (χ3n) is 5.87. The largest absolute Gasteiger partial charge is 0.497 e. The van der Waals surface area contributed by atoms with Gasteiger partial charge in [0.1, 0.15) is 23.0 Å². The first kappa shape index (κ1) is 24.8. The summed E-state index contributed by atoms with van der Waals surface area (Å²) in [5.41, 5.74) is 6.71. The van der Waals surface area contributed by atoms with Crippen LogP contribution in [0, 0.1) is 0 Å². The monoisotopic (exact) mass is 487 g/mol. The molecule has 0 N–H and O–H groups in total. The predicted molar refractivity (Wildman–Crippen MR) is 144 cm³/mol. The van der Waals surface area contributed by atoms with Gasteiger partial charge in [0.15, 0.2) is 0 Å². The average molecular weight is 488 g/mol. The summed E-state index contributed by atoms with van der Waals surface area (Å²) < 4.78 is 17.4. The summed E-state index contributed by atoms with van der Waals surface area (Å²) in [7, 11) is 1.66. The van der Waals surface area contributed by atoms with Crippen LogP contribution in [0.4, 0.5) is 0 Å². The van der Waals surface area contributed by atoms with Crippen molar-refractivity contribution in [3.05, 3.63) is 88.7 Å². The summed E-state index contributed by atoms with van der Waals surface area (Å²) >= 11 is 1.64. The van der Waals surface area contributed by atoms with E-state index in [9.17, 15) is 0 Å². The summed E-state index contributed by atoms with van der Waals surface area (Å²) in [5, 5.41) is 2.10. The second-order valence-corrected chi connectivity index (χ2v) is 9.25. The molecule has 5 heteroatoms. The molecule has 4 rings (SSSR count). The van der Waals surface area contributed by atoms with Gasteiger partial charge in [-0.3, -0.25) is 0 Å². The molecule has 0 saturated carbocycles. The van der Waals surface area contributed by atoms with Crippen LogP contribution < -0.4 is 14.2 Å². The number of aromatic nitrogens is 1. The minimum absolute atomic E-state index is 0.730. The van der Waals surface area contributed by atoms with Crippen molar-refractivity contribution in [3.63, 3.8) is 0 Å². The van der Waals surface area contributed by atoms with Crippen LogP contribution >= 0.6 is 11.3 Å². The SMILES string of the molecule is CCCc1cc(Oc2ccc(OC)cc2)ccc1OCCCCCc1cccc(-c2cscn2)c1. The van der Waals surface area contributed by atoms with E-state index in [1.807, 2.05) is 41.9 Å². The number of thiazole rings is 1. The lowest BCUT2D eigenvalue weighted by molar-refractivity contribution is 0.301.